The molecule has 0 radical (unpaired) electrons. The second kappa shape index (κ2) is 8.40. The monoisotopic (exact) mass is 448 g/mol. The number of benzene rings is 2. The van der Waals surface area contributed by atoms with E-state index in [1.807, 2.05) is 0 Å². The number of halogens is 3. The molecule has 1 unspecified atom stereocenters. The van der Waals surface area contributed by atoms with Gasteiger partial charge in [0.25, 0.3) is 5.91 Å². The summed E-state index contributed by atoms with van der Waals surface area (Å²) in [5, 5.41) is 6.79. The van der Waals surface area contributed by atoms with Gasteiger partial charge in [0.15, 0.2) is 17.3 Å². The lowest BCUT2D eigenvalue weighted by Gasteiger charge is -2.25. The van der Waals surface area contributed by atoms with Gasteiger partial charge in [-0.2, -0.15) is 13.2 Å². The Bertz CT molecular complexity index is 1200. The number of hydrogen-bond acceptors (Lipinski definition) is 5. The van der Waals surface area contributed by atoms with Crippen LogP contribution in [0.15, 0.2) is 53.3 Å². The molecule has 0 spiro atoms. The molecule has 0 fully saturated rings. The maximum absolute atomic E-state index is 13.0. The maximum atomic E-state index is 13.0. The van der Waals surface area contributed by atoms with Crippen molar-refractivity contribution in [3.8, 4) is 22.9 Å². The molecular weight excluding hydrogens is 429 g/mol. The van der Waals surface area contributed by atoms with Crippen LogP contribution in [0.2, 0.25) is 0 Å². The lowest BCUT2D eigenvalue weighted by atomic mass is 10.1. The van der Waals surface area contributed by atoms with Crippen LogP contribution in [0.1, 0.15) is 5.56 Å². The van der Waals surface area contributed by atoms with E-state index in [1.165, 1.54) is 19.2 Å². The molecule has 0 bridgehead atoms. The molecule has 0 saturated carbocycles. The molecule has 168 valence electrons. The Balaban J connectivity index is 1.41. The minimum absolute atomic E-state index is 0.0293. The first kappa shape index (κ1) is 21.5. The summed E-state index contributed by atoms with van der Waals surface area (Å²) in [5.41, 5.74) is -1.19. The van der Waals surface area contributed by atoms with E-state index in [1.54, 1.807) is 24.3 Å². The molecule has 8 nitrogen and oxygen atoms in total. The fourth-order valence-corrected chi connectivity index (χ4v) is 3.27. The first-order chi connectivity index (χ1) is 15.2. The SMILES string of the molecule is Cn1c(-c2cccc(C(F)(F)F)c2)nn(CCNC(=O)C2COc3ccccc3O2)c1=O. The van der Waals surface area contributed by atoms with E-state index in [-0.39, 0.29) is 31.1 Å². The lowest BCUT2D eigenvalue weighted by Crippen LogP contribution is -2.45. The van der Waals surface area contributed by atoms with Crippen LogP contribution in [0.25, 0.3) is 11.4 Å². The highest BCUT2D eigenvalue weighted by Crippen LogP contribution is 2.32. The number of ether oxygens (including phenoxy) is 2. The number of alkyl halides is 3. The molecule has 4 rings (SSSR count). The number of carbonyl (C=O) groups excluding carboxylic acids is 1. The highest BCUT2D eigenvalue weighted by Gasteiger charge is 2.31. The first-order valence-corrected chi connectivity index (χ1v) is 9.71. The van der Waals surface area contributed by atoms with Crippen molar-refractivity contribution in [1.82, 2.24) is 19.7 Å². The van der Waals surface area contributed by atoms with Gasteiger partial charge in [0.05, 0.1) is 12.1 Å². The Hall–Kier alpha value is -3.76. The fraction of sp³-hybridized carbons (Fsp3) is 0.286. The van der Waals surface area contributed by atoms with E-state index >= 15 is 0 Å². The molecule has 1 aromatic heterocycles. The average molecular weight is 448 g/mol. The molecule has 11 heteroatoms. The summed E-state index contributed by atoms with van der Waals surface area (Å²) in [4.78, 5) is 24.8. The van der Waals surface area contributed by atoms with Crippen molar-refractivity contribution in [2.75, 3.05) is 13.2 Å². The zero-order chi connectivity index (χ0) is 22.9. The smallest absolute Gasteiger partial charge is 0.416 e. The summed E-state index contributed by atoms with van der Waals surface area (Å²) < 4.78 is 52.4. The van der Waals surface area contributed by atoms with E-state index in [0.29, 0.717) is 11.5 Å². The minimum Gasteiger partial charge on any atom is -0.485 e. The summed E-state index contributed by atoms with van der Waals surface area (Å²) in [6, 6.07) is 11.6. The molecule has 1 aliphatic heterocycles. The number of nitrogens with zero attached hydrogens (tertiary/aromatic N) is 3. The predicted octanol–water partition coefficient (Wildman–Crippen LogP) is 2.22. The first-order valence-electron chi connectivity index (χ1n) is 9.71. The number of nitrogens with one attached hydrogen (secondary N) is 1. The number of rotatable bonds is 5. The number of para-hydroxylation sites is 2. The van der Waals surface area contributed by atoms with E-state index < -0.39 is 29.4 Å². The van der Waals surface area contributed by atoms with Crippen molar-refractivity contribution < 1.29 is 27.4 Å². The molecule has 2 heterocycles. The van der Waals surface area contributed by atoms with Gasteiger partial charge in [-0.05, 0) is 24.3 Å². The third kappa shape index (κ3) is 4.32. The molecule has 2 aromatic carbocycles. The molecule has 0 aliphatic carbocycles. The van der Waals surface area contributed by atoms with Crippen molar-refractivity contribution in [1.29, 1.82) is 0 Å². The summed E-state index contributed by atoms with van der Waals surface area (Å²) in [5.74, 6) is 0.693. The normalized spacial score (nSPS) is 15.4. The van der Waals surface area contributed by atoms with Gasteiger partial charge in [-0.1, -0.05) is 24.3 Å². The highest BCUT2D eigenvalue weighted by atomic mass is 19.4. The van der Waals surface area contributed by atoms with Gasteiger partial charge >= 0.3 is 11.9 Å². The van der Waals surface area contributed by atoms with E-state index in [2.05, 4.69) is 10.4 Å². The van der Waals surface area contributed by atoms with E-state index in [0.717, 1.165) is 21.4 Å². The molecule has 3 aromatic rings. The largest absolute Gasteiger partial charge is 0.485 e. The topological polar surface area (TPSA) is 87.4 Å². The van der Waals surface area contributed by atoms with Crippen LogP contribution in [0.3, 0.4) is 0 Å². The Kier molecular flexibility index (Phi) is 5.64. The Labute approximate surface area is 180 Å². The fourth-order valence-electron chi connectivity index (χ4n) is 3.27. The third-order valence-electron chi connectivity index (χ3n) is 4.91. The summed E-state index contributed by atoms with van der Waals surface area (Å²) in [6.07, 6.45) is -5.35. The van der Waals surface area contributed by atoms with Crippen LogP contribution in [0, 0.1) is 0 Å². The van der Waals surface area contributed by atoms with Gasteiger partial charge in [0.1, 0.15) is 6.61 Å². The van der Waals surface area contributed by atoms with Gasteiger partial charge in [-0.25, -0.2) is 9.48 Å². The second-order valence-electron chi connectivity index (χ2n) is 7.12. The quantitative estimate of drug-likeness (QED) is 0.647. The van der Waals surface area contributed by atoms with Gasteiger partial charge in [-0.3, -0.25) is 9.36 Å². The average Bonchev–Trinajstić information content (AvgIpc) is 3.07. The van der Waals surface area contributed by atoms with Crippen LogP contribution in [-0.2, 0) is 24.6 Å². The number of hydrogen-bond donors (Lipinski definition) is 1. The van der Waals surface area contributed by atoms with Crippen LogP contribution >= 0.6 is 0 Å². The molecule has 0 saturated heterocycles. The highest BCUT2D eigenvalue weighted by molar-refractivity contribution is 5.81. The van der Waals surface area contributed by atoms with Crippen molar-refractivity contribution >= 4 is 5.91 Å². The van der Waals surface area contributed by atoms with Crippen molar-refractivity contribution in [2.24, 2.45) is 7.05 Å². The third-order valence-corrected chi connectivity index (χ3v) is 4.91. The Morgan fingerprint density at radius 3 is 2.69 bits per heavy atom. The van der Waals surface area contributed by atoms with Crippen LogP contribution in [0.4, 0.5) is 13.2 Å². The second-order valence-corrected chi connectivity index (χ2v) is 7.12. The van der Waals surface area contributed by atoms with Crippen molar-refractivity contribution in [3.63, 3.8) is 0 Å². The summed E-state index contributed by atoms with van der Waals surface area (Å²) >= 11 is 0. The van der Waals surface area contributed by atoms with Crippen LogP contribution in [-0.4, -0.2) is 39.5 Å². The lowest BCUT2D eigenvalue weighted by molar-refractivity contribution is -0.137. The number of amides is 1. The van der Waals surface area contributed by atoms with Crippen molar-refractivity contribution in [3.05, 3.63) is 64.6 Å². The van der Waals surface area contributed by atoms with Crippen LogP contribution in [0.5, 0.6) is 11.5 Å². The predicted molar refractivity (Wildman–Crippen MR) is 107 cm³/mol. The molecule has 1 N–H and O–H groups in total. The van der Waals surface area contributed by atoms with E-state index in [9.17, 15) is 22.8 Å². The Morgan fingerprint density at radius 1 is 1.19 bits per heavy atom. The number of aromatic nitrogens is 3. The van der Waals surface area contributed by atoms with Gasteiger partial charge in [0.2, 0.25) is 6.10 Å². The van der Waals surface area contributed by atoms with E-state index in [4.69, 9.17) is 9.47 Å². The zero-order valence-corrected chi connectivity index (χ0v) is 16.9. The zero-order valence-electron chi connectivity index (χ0n) is 16.9. The van der Waals surface area contributed by atoms with Gasteiger partial charge in [0, 0.05) is 19.2 Å². The van der Waals surface area contributed by atoms with Gasteiger partial charge in [-0.15, -0.1) is 5.10 Å². The number of carbonyl (C=O) groups is 1. The molecule has 32 heavy (non-hydrogen) atoms. The molecular formula is C21H19F3N4O4. The molecule has 1 aliphatic rings. The van der Waals surface area contributed by atoms with Gasteiger partial charge < -0.3 is 14.8 Å². The Morgan fingerprint density at radius 2 is 1.94 bits per heavy atom. The standard InChI is InChI=1S/C21H19F3N4O4/c1-27-18(13-5-4-6-14(11-13)21(22,23)24)26-28(20(27)30)10-9-25-19(29)17-12-31-15-7-2-3-8-16(15)32-17/h2-8,11,17H,9-10,12H2,1H3,(H,25,29). The minimum atomic E-state index is -4.51. The summed E-state index contributed by atoms with van der Waals surface area (Å²) in [7, 11) is 1.42. The molecule has 1 amide bonds. The van der Waals surface area contributed by atoms with Crippen molar-refractivity contribution in [2.45, 2.75) is 18.8 Å². The number of fused-ring (bicyclic) bond motifs is 1. The summed E-state index contributed by atoms with van der Waals surface area (Å²) in [6.45, 7) is 0.146. The maximum Gasteiger partial charge on any atom is 0.416 e. The molecule has 1 atom stereocenters. The van der Waals surface area contributed by atoms with Crippen LogP contribution < -0.4 is 20.5 Å².